The first-order valence-electron chi connectivity index (χ1n) is 8.14. The fourth-order valence-electron chi connectivity index (χ4n) is 2.64. The Morgan fingerprint density at radius 1 is 0.773 bits per heavy atom. The molecule has 0 fully saturated rings. The molecule has 2 aromatic rings. The lowest BCUT2D eigenvalue weighted by Gasteiger charge is -2.26. The molecule has 1 aromatic carbocycles. The Balaban J connectivity index is 2.47. The molecule has 0 spiro atoms. The molecule has 1 aromatic heterocycles. The molecule has 0 radical (unpaired) electrons. The van der Waals surface area contributed by atoms with Gasteiger partial charge in [0.15, 0.2) is 0 Å². The Labute approximate surface area is 135 Å². The zero-order valence-electron chi connectivity index (χ0n) is 15.1. The van der Waals surface area contributed by atoms with Gasteiger partial charge in [-0.2, -0.15) is 0 Å². The van der Waals surface area contributed by atoms with Crippen molar-refractivity contribution in [1.29, 1.82) is 0 Å². The van der Waals surface area contributed by atoms with Gasteiger partial charge in [0.2, 0.25) is 0 Å². The van der Waals surface area contributed by atoms with E-state index in [-0.39, 0.29) is 10.8 Å². The van der Waals surface area contributed by atoms with E-state index in [0.717, 1.165) is 6.42 Å². The summed E-state index contributed by atoms with van der Waals surface area (Å²) in [6, 6.07) is 13.3. The summed E-state index contributed by atoms with van der Waals surface area (Å²) >= 11 is 0. The Morgan fingerprint density at radius 2 is 1.36 bits per heavy atom. The molecule has 0 amide bonds. The average molecular weight is 295 g/mol. The SMILES string of the molecule is Cc1ccc(Cc2nc(C(C)(C)C)ccc2C(C)(C)C)cc1. The molecule has 0 aliphatic heterocycles. The Kier molecular flexibility index (Phi) is 4.47. The molecule has 0 saturated heterocycles. The molecule has 0 aliphatic carbocycles. The minimum absolute atomic E-state index is 0.0818. The highest BCUT2D eigenvalue weighted by molar-refractivity contribution is 5.35. The van der Waals surface area contributed by atoms with E-state index in [4.69, 9.17) is 4.98 Å². The molecule has 1 nitrogen and oxygen atoms in total. The molecule has 22 heavy (non-hydrogen) atoms. The van der Waals surface area contributed by atoms with Crippen LogP contribution in [0.3, 0.4) is 0 Å². The summed E-state index contributed by atoms with van der Waals surface area (Å²) < 4.78 is 0. The summed E-state index contributed by atoms with van der Waals surface area (Å²) in [6.07, 6.45) is 0.900. The van der Waals surface area contributed by atoms with Crippen LogP contribution in [0.1, 0.15) is 69.6 Å². The van der Waals surface area contributed by atoms with E-state index in [1.165, 1.54) is 28.1 Å². The first kappa shape index (κ1) is 16.7. The molecular weight excluding hydrogens is 266 g/mol. The quantitative estimate of drug-likeness (QED) is 0.705. The predicted molar refractivity (Wildman–Crippen MR) is 95.6 cm³/mol. The van der Waals surface area contributed by atoms with Gasteiger partial charge in [0.1, 0.15) is 0 Å². The van der Waals surface area contributed by atoms with Crippen molar-refractivity contribution in [2.75, 3.05) is 0 Å². The van der Waals surface area contributed by atoms with Crippen LogP contribution in [0.5, 0.6) is 0 Å². The van der Waals surface area contributed by atoms with Gasteiger partial charge in [-0.05, 0) is 29.5 Å². The van der Waals surface area contributed by atoms with E-state index in [2.05, 4.69) is 84.9 Å². The maximum atomic E-state index is 5.03. The van der Waals surface area contributed by atoms with Crippen LogP contribution in [-0.4, -0.2) is 4.98 Å². The lowest BCUT2D eigenvalue weighted by molar-refractivity contribution is 0.549. The second-order valence-corrected chi connectivity index (χ2v) is 8.35. The van der Waals surface area contributed by atoms with Crippen LogP contribution in [0.4, 0.5) is 0 Å². The van der Waals surface area contributed by atoms with Gasteiger partial charge in [0, 0.05) is 23.2 Å². The summed E-state index contributed by atoms with van der Waals surface area (Å²) in [5, 5.41) is 0. The first-order chi connectivity index (χ1) is 10.1. The Hall–Kier alpha value is -1.63. The zero-order valence-corrected chi connectivity index (χ0v) is 15.1. The van der Waals surface area contributed by atoms with Gasteiger partial charge in [0.05, 0.1) is 0 Å². The van der Waals surface area contributed by atoms with E-state index >= 15 is 0 Å². The van der Waals surface area contributed by atoms with E-state index < -0.39 is 0 Å². The van der Waals surface area contributed by atoms with E-state index in [1.807, 2.05) is 0 Å². The average Bonchev–Trinajstić information content (AvgIpc) is 2.39. The maximum absolute atomic E-state index is 5.03. The highest BCUT2D eigenvalue weighted by Gasteiger charge is 2.22. The standard InChI is InChI=1S/C21H29N/c1-15-8-10-16(11-9-15)14-18-17(20(2,3)4)12-13-19(22-18)21(5,6)7/h8-13H,14H2,1-7H3. The van der Waals surface area contributed by atoms with Crippen LogP contribution in [0.25, 0.3) is 0 Å². The van der Waals surface area contributed by atoms with Crippen molar-refractivity contribution in [2.45, 2.75) is 65.7 Å². The topological polar surface area (TPSA) is 12.9 Å². The van der Waals surface area contributed by atoms with Crippen molar-refractivity contribution in [3.05, 3.63) is 64.5 Å². The molecule has 0 aliphatic rings. The molecule has 0 unspecified atom stereocenters. The molecule has 0 N–H and O–H groups in total. The van der Waals surface area contributed by atoms with Crippen molar-refractivity contribution in [3.63, 3.8) is 0 Å². The van der Waals surface area contributed by atoms with Crippen LogP contribution in [-0.2, 0) is 17.3 Å². The van der Waals surface area contributed by atoms with Gasteiger partial charge >= 0.3 is 0 Å². The van der Waals surface area contributed by atoms with Crippen LogP contribution in [0, 0.1) is 6.92 Å². The van der Waals surface area contributed by atoms with Crippen molar-refractivity contribution < 1.29 is 0 Å². The van der Waals surface area contributed by atoms with E-state index in [0.29, 0.717) is 0 Å². The monoisotopic (exact) mass is 295 g/mol. The second kappa shape index (κ2) is 5.87. The van der Waals surface area contributed by atoms with Gasteiger partial charge in [-0.15, -0.1) is 0 Å². The lowest BCUT2D eigenvalue weighted by atomic mass is 9.82. The minimum Gasteiger partial charge on any atom is -0.257 e. The third kappa shape index (κ3) is 3.97. The summed E-state index contributed by atoms with van der Waals surface area (Å²) in [6.45, 7) is 15.6. The number of hydrogen-bond donors (Lipinski definition) is 0. The smallest absolute Gasteiger partial charge is 0.0488 e. The molecular formula is C21H29N. The van der Waals surface area contributed by atoms with Gasteiger partial charge in [-0.3, -0.25) is 4.98 Å². The number of benzene rings is 1. The molecule has 0 bridgehead atoms. The minimum atomic E-state index is 0.0818. The van der Waals surface area contributed by atoms with Crippen molar-refractivity contribution in [2.24, 2.45) is 0 Å². The number of rotatable bonds is 2. The van der Waals surface area contributed by atoms with Gasteiger partial charge in [0.25, 0.3) is 0 Å². The highest BCUT2D eigenvalue weighted by atomic mass is 14.7. The van der Waals surface area contributed by atoms with Gasteiger partial charge < -0.3 is 0 Å². The Bertz CT molecular complexity index is 637. The first-order valence-corrected chi connectivity index (χ1v) is 8.14. The molecule has 0 atom stereocenters. The third-order valence-electron chi connectivity index (χ3n) is 4.04. The fraction of sp³-hybridized carbons (Fsp3) is 0.476. The maximum Gasteiger partial charge on any atom is 0.0488 e. The predicted octanol–water partition coefficient (Wildman–Crippen LogP) is 5.58. The van der Waals surface area contributed by atoms with Gasteiger partial charge in [-0.25, -0.2) is 0 Å². The summed E-state index contributed by atoms with van der Waals surface area (Å²) in [5.74, 6) is 0. The highest BCUT2D eigenvalue weighted by Crippen LogP contribution is 2.29. The lowest BCUT2D eigenvalue weighted by Crippen LogP contribution is -2.20. The summed E-state index contributed by atoms with van der Waals surface area (Å²) in [7, 11) is 0. The summed E-state index contributed by atoms with van der Waals surface area (Å²) in [5.41, 5.74) is 6.56. The largest absolute Gasteiger partial charge is 0.257 e. The molecule has 0 saturated carbocycles. The number of aryl methyl sites for hydroxylation is 1. The fourth-order valence-corrected chi connectivity index (χ4v) is 2.64. The Morgan fingerprint density at radius 3 is 1.86 bits per heavy atom. The zero-order chi connectivity index (χ0) is 16.5. The third-order valence-corrected chi connectivity index (χ3v) is 4.04. The molecule has 2 rings (SSSR count). The number of hydrogen-bond acceptors (Lipinski definition) is 1. The van der Waals surface area contributed by atoms with Crippen molar-refractivity contribution in [3.8, 4) is 0 Å². The van der Waals surface area contributed by atoms with Crippen LogP contribution >= 0.6 is 0 Å². The second-order valence-electron chi connectivity index (χ2n) is 8.35. The summed E-state index contributed by atoms with van der Waals surface area (Å²) in [4.78, 5) is 5.03. The van der Waals surface area contributed by atoms with Crippen LogP contribution in [0.15, 0.2) is 36.4 Å². The van der Waals surface area contributed by atoms with E-state index in [9.17, 15) is 0 Å². The van der Waals surface area contributed by atoms with Gasteiger partial charge in [-0.1, -0.05) is 77.4 Å². The van der Waals surface area contributed by atoms with Crippen molar-refractivity contribution in [1.82, 2.24) is 4.98 Å². The number of aromatic nitrogens is 1. The van der Waals surface area contributed by atoms with Crippen molar-refractivity contribution >= 4 is 0 Å². The molecule has 118 valence electrons. The molecule has 1 heterocycles. The van der Waals surface area contributed by atoms with Crippen LogP contribution < -0.4 is 0 Å². The normalized spacial score (nSPS) is 12.5. The van der Waals surface area contributed by atoms with Crippen LogP contribution in [0.2, 0.25) is 0 Å². The molecule has 1 heteroatoms. The van der Waals surface area contributed by atoms with E-state index in [1.54, 1.807) is 0 Å². The number of pyridine rings is 1. The number of nitrogens with zero attached hydrogens (tertiary/aromatic N) is 1.